The van der Waals surface area contributed by atoms with E-state index >= 15 is 0 Å². The Bertz CT molecular complexity index is 537. The molecule has 0 amide bonds. The summed E-state index contributed by atoms with van der Waals surface area (Å²) in [4.78, 5) is 6.25. The van der Waals surface area contributed by atoms with Gasteiger partial charge in [-0.15, -0.1) is 24.0 Å². The molecule has 1 aliphatic rings. The molecule has 12 heteroatoms. The van der Waals surface area contributed by atoms with Crippen LogP contribution in [0.4, 0.5) is 13.2 Å². The van der Waals surface area contributed by atoms with Gasteiger partial charge in [0.1, 0.15) is 0 Å². The Morgan fingerprint density at radius 3 is 2.31 bits per heavy atom. The number of likely N-dealkylation sites (N-methyl/N-ethyl adjacent to an activating group) is 1. The topological polar surface area (TPSA) is 77.0 Å². The zero-order valence-electron chi connectivity index (χ0n) is 15.3. The van der Waals surface area contributed by atoms with Gasteiger partial charge in [-0.1, -0.05) is 6.92 Å². The van der Waals surface area contributed by atoms with Gasteiger partial charge in [-0.05, 0) is 32.4 Å². The molecule has 0 radical (unpaired) electrons. The van der Waals surface area contributed by atoms with Gasteiger partial charge in [-0.3, -0.25) is 4.99 Å². The quantitative estimate of drug-likeness (QED) is 0.304. The van der Waals surface area contributed by atoms with E-state index in [9.17, 15) is 21.6 Å². The Morgan fingerprint density at radius 1 is 1.27 bits per heavy atom. The number of sulfonamides is 1. The molecular formula is C14H29F3IN5O2S. The molecule has 0 aromatic carbocycles. The van der Waals surface area contributed by atoms with E-state index in [0.29, 0.717) is 29.7 Å². The molecule has 7 nitrogen and oxygen atoms in total. The molecule has 0 unspecified atom stereocenters. The van der Waals surface area contributed by atoms with E-state index in [0.717, 1.165) is 19.6 Å². The minimum atomic E-state index is -5.23. The number of nitrogens with one attached hydrogen (secondary N) is 2. The molecule has 156 valence electrons. The molecule has 0 spiro atoms. The van der Waals surface area contributed by atoms with Gasteiger partial charge < -0.3 is 15.5 Å². The van der Waals surface area contributed by atoms with Crippen molar-refractivity contribution in [3.05, 3.63) is 0 Å². The maximum atomic E-state index is 12.5. The third-order valence-electron chi connectivity index (χ3n) is 4.31. The van der Waals surface area contributed by atoms with Gasteiger partial charge in [-0.25, -0.2) is 8.42 Å². The summed E-state index contributed by atoms with van der Waals surface area (Å²) in [5.74, 6) is 0.742. The molecule has 0 bridgehead atoms. The average Bonchev–Trinajstić information content (AvgIpc) is 2.57. The van der Waals surface area contributed by atoms with Crippen molar-refractivity contribution in [2.45, 2.75) is 25.3 Å². The third kappa shape index (κ3) is 7.72. The molecule has 1 aliphatic heterocycles. The second-order valence-electron chi connectivity index (χ2n) is 6.07. The highest BCUT2D eigenvalue weighted by molar-refractivity contribution is 14.0. The highest BCUT2D eigenvalue weighted by Crippen LogP contribution is 2.30. The van der Waals surface area contributed by atoms with Gasteiger partial charge in [0.15, 0.2) is 5.96 Å². The van der Waals surface area contributed by atoms with E-state index in [1.54, 1.807) is 7.05 Å². The van der Waals surface area contributed by atoms with Crippen molar-refractivity contribution >= 4 is 40.0 Å². The van der Waals surface area contributed by atoms with Gasteiger partial charge in [-0.2, -0.15) is 17.5 Å². The summed E-state index contributed by atoms with van der Waals surface area (Å²) in [6.45, 7) is 4.94. The number of guanidine groups is 1. The summed E-state index contributed by atoms with van der Waals surface area (Å²) in [7, 11) is -1.54. The fourth-order valence-electron chi connectivity index (χ4n) is 2.49. The summed E-state index contributed by atoms with van der Waals surface area (Å²) in [6, 6.07) is 0. The average molecular weight is 515 g/mol. The first-order chi connectivity index (χ1) is 11.6. The molecular weight excluding hydrogens is 486 g/mol. The van der Waals surface area contributed by atoms with Crippen LogP contribution in [0.2, 0.25) is 0 Å². The Hall–Kier alpha value is -0.340. The van der Waals surface area contributed by atoms with E-state index in [-0.39, 0.29) is 43.0 Å². The standard InChI is InChI=1S/C14H28F3N5O2S.HI/c1-4-21(3)10-7-19-13(18-2)20-11-12-5-8-22(9-6-12)25(23,24)14(15,16)17;/h12H,4-11H2,1-3H3,(H2,18,19,20);1H. The van der Waals surface area contributed by atoms with Crippen molar-refractivity contribution in [3.8, 4) is 0 Å². The summed E-state index contributed by atoms with van der Waals surface area (Å²) in [5.41, 5.74) is -5.23. The molecule has 1 fully saturated rings. The highest BCUT2D eigenvalue weighted by atomic mass is 127. The first-order valence-electron chi connectivity index (χ1n) is 8.31. The van der Waals surface area contributed by atoms with Crippen LogP contribution in [0.3, 0.4) is 0 Å². The number of alkyl halides is 3. The van der Waals surface area contributed by atoms with Gasteiger partial charge in [0.2, 0.25) is 0 Å². The molecule has 0 aromatic heterocycles. The number of rotatable bonds is 7. The third-order valence-corrected chi connectivity index (χ3v) is 5.94. The minimum absolute atomic E-state index is 0. The van der Waals surface area contributed by atoms with Crippen molar-refractivity contribution in [3.63, 3.8) is 0 Å². The fourth-order valence-corrected chi connectivity index (χ4v) is 3.47. The maximum Gasteiger partial charge on any atom is 0.511 e. The lowest BCUT2D eigenvalue weighted by Gasteiger charge is -2.31. The van der Waals surface area contributed by atoms with Crippen LogP contribution >= 0.6 is 24.0 Å². The van der Waals surface area contributed by atoms with Crippen molar-refractivity contribution in [1.82, 2.24) is 19.8 Å². The molecule has 0 atom stereocenters. The number of hydrogen-bond donors (Lipinski definition) is 2. The van der Waals surface area contributed by atoms with Gasteiger partial charge in [0.05, 0.1) is 0 Å². The van der Waals surface area contributed by atoms with E-state index in [2.05, 4.69) is 27.4 Å². The van der Waals surface area contributed by atoms with Crippen LogP contribution in [0.5, 0.6) is 0 Å². The molecule has 0 saturated carbocycles. The molecule has 0 aliphatic carbocycles. The van der Waals surface area contributed by atoms with Crippen LogP contribution < -0.4 is 10.6 Å². The highest BCUT2D eigenvalue weighted by Gasteiger charge is 2.50. The number of aliphatic imine (C=N–C) groups is 1. The van der Waals surface area contributed by atoms with Crippen LogP contribution in [0, 0.1) is 5.92 Å². The second kappa shape index (κ2) is 11.5. The molecule has 2 N–H and O–H groups in total. The summed E-state index contributed by atoms with van der Waals surface area (Å²) in [5, 5.41) is 6.31. The zero-order valence-corrected chi connectivity index (χ0v) is 18.5. The maximum absolute atomic E-state index is 12.5. The van der Waals surface area contributed by atoms with E-state index in [1.165, 1.54) is 0 Å². The van der Waals surface area contributed by atoms with Crippen LogP contribution in [0.15, 0.2) is 4.99 Å². The first kappa shape index (κ1) is 25.7. The first-order valence-corrected chi connectivity index (χ1v) is 9.75. The lowest BCUT2D eigenvalue weighted by Crippen LogP contribution is -2.47. The van der Waals surface area contributed by atoms with E-state index in [1.807, 2.05) is 7.05 Å². The minimum Gasteiger partial charge on any atom is -0.356 e. The van der Waals surface area contributed by atoms with Crippen molar-refractivity contribution in [2.75, 3.05) is 53.4 Å². The molecule has 1 saturated heterocycles. The van der Waals surface area contributed by atoms with Gasteiger partial charge >= 0.3 is 15.5 Å². The van der Waals surface area contributed by atoms with E-state index < -0.39 is 15.5 Å². The molecule has 0 aromatic rings. The van der Waals surface area contributed by atoms with Crippen LogP contribution in [0.25, 0.3) is 0 Å². The molecule has 1 rings (SSSR count). The monoisotopic (exact) mass is 515 g/mol. The fraction of sp³-hybridized carbons (Fsp3) is 0.929. The van der Waals surface area contributed by atoms with Crippen LogP contribution in [-0.2, 0) is 10.0 Å². The lowest BCUT2D eigenvalue weighted by atomic mass is 9.98. The second-order valence-corrected chi connectivity index (χ2v) is 8.00. The Balaban J connectivity index is 0.00000625. The van der Waals surface area contributed by atoms with E-state index in [4.69, 9.17) is 0 Å². The van der Waals surface area contributed by atoms with Crippen molar-refractivity contribution in [1.29, 1.82) is 0 Å². The Labute approximate surface area is 170 Å². The number of nitrogens with zero attached hydrogens (tertiary/aromatic N) is 3. The predicted molar refractivity (Wildman–Crippen MR) is 107 cm³/mol. The molecule has 1 heterocycles. The van der Waals surface area contributed by atoms with Crippen molar-refractivity contribution < 1.29 is 21.6 Å². The lowest BCUT2D eigenvalue weighted by molar-refractivity contribution is -0.0496. The normalized spacial score (nSPS) is 17.9. The Kier molecular flexibility index (Phi) is 11.3. The SMILES string of the molecule is CCN(C)CCNC(=NC)NCC1CCN(S(=O)(=O)C(F)(F)F)CC1.I. The summed E-state index contributed by atoms with van der Waals surface area (Å²) >= 11 is 0. The van der Waals surface area contributed by atoms with Gasteiger partial charge in [0, 0.05) is 39.8 Å². The molecule has 26 heavy (non-hydrogen) atoms. The smallest absolute Gasteiger partial charge is 0.356 e. The number of piperidine rings is 1. The van der Waals surface area contributed by atoms with Crippen LogP contribution in [-0.4, -0.2) is 82.5 Å². The number of halogens is 4. The summed E-state index contributed by atoms with van der Waals surface area (Å²) in [6.07, 6.45) is 0.774. The largest absolute Gasteiger partial charge is 0.511 e. The van der Waals surface area contributed by atoms with Crippen molar-refractivity contribution in [2.24, 2.45) is 10.9 Å². The predicted octanol–water partition coefficient (Wildman–Crippen LogP) is 1.28. The summed E-state index contributed by atoms with van der Waals surface area (Å²) < 4.78 is 60.9. The number of hydrogen-bond acceptors (Lipinski definition) is 4. The van der Waals surface area contributed by atoms with Crippen LogP contribution in [0.1, 0.15) is 19.8 Å². The van der Waals surface area contributed by atoms with Gasteiger partial charge in [0.25, 0.3) is 0 Å². The Morgan fingerprint density at radius 2 is 1.85 bits per heavy atom. The zero-order chi connectivity index (χ0) is 19.1.